The van der Waals surface area contributed by atoms with Crippen molar-refractivity contribution in [3.05, 3.63) is 54.1 Å². The maximum atomic E-state index is 11.3. The van der Waals surface area contributed by atoms with Gasteiger partial charge in [0.2, 0.25) is 0 Å². The molecule has 0 radical (unpaired) electrons. The maximum absolute atomic E-state index is 11.3. The van der Waals surface area contributed by atoms with E-state index in [4.69, 9.17) is 4.42 Å². The Morgan fingerprint density at radius 1 is 1.03 bits per heavy atom. The number of oxazole rings is 1. The van der Waals surface area contributed by atoms with Gasteiger partial charge in [-0.15, -0.1) is 11.8 Å². The van der Waals surface area contributed by atoms with E-state index in [0.29, 0.717) is 11.6 Å². The predicted octanol–water partition coefficient (Wildman–Crippen LogP) is 6.10. The number of rotatable bonds is 12. The van der Waals surface area contributed by atoms with Crippen LogP contribution >= 0.6 is 11.8 Å². The molecule has 0 unspecified atom stereocenters. The van der Waals surface area contributed by atoms with Crippen LogP contribution in [-0.4, -0.2) is 34.9 Å². The normalized spacial score (nSPS) is 11.1. The third-order valence-electron chi connectivity index (χ3n) is 4.78. The molecule has 5 nitrogen and oxygen atoms in total. The molecule has 0 saturated heterocycles. The van der Waals surface area contributed by atoms with Crippen LogP contribution in [0.2, 0.25) is 0 Å². The molecular formula is C23H28N2O3S. The molecule has 154 valence electrons. The summed E-state index contributed by atoms with van der Waals surface area (Å²) in [5, 5.41) is 9.27. The van der Waals surface area contributed by atoms with Gasteiger partial charge in [-0.2, -0.15) is 4.98 Å². The lowest BCUT2D eigenvalue weighted by Gasteiger charge is -2.20. The second kappa shape index (κ2) is 10.9. The number of fused-ring (bicyclic) bond motifs is 1. The summed E-state index contributed by atoms with van der Waals surface area (Å²) in [6, 6.07) is 15.8. The molecule has 29 heavy (non-hydrogen) atoms. The number of unbranched alkanes of at least 4 members (excludes halogenated alkanes) is 3. The van der Waals surface area contributed by atoms with Gasteiger partial charge in [0.25, 0.3) is 6.01 Å². The SMILES string of the molecule is CCCCN(CCCCCSc1ccccc1C(=O)O)c1nc2ccccc2o1. The fourth-order valence-electron chi connectivity index (χ4n) is 3.18. The number of carboxylic acids is 1. The molecule has 1 heterocycles. The molecule has 0 aliphatic heterocycles. The van der Waals surface area contributed by atoms with Crippen molar-refractivity contribution >= 4 is 34.8 Å². The lowest BCUT2D eigenvalue weighted by Crippen LogP contribution is -2.26. The maximum Gasteiger partial charge on any atom is 0.336 e. The zero-order chi connectivity index (χ0) is 20.5. The van der Waals surface area contributed by atoms with E-state index in [1.165, 1.54) is 0 Å². The van der Waals surface area contributed by atoms with Gasteiger partial charge in [0, 0.05) is 18.0 Å². The number of hydrogen-bond donors (Lipinski definition) is 1. The van der Waals surface area contributed by atoms with Crippen molar-refractivity contribution in [2.24, 2.45) is 0 Å². The fraction of sp³-hybridized carbons (Fsp3) is 0.391. The Morgan fingerprint density at radius 2 is 1.79 bits per heavy atom. The van der Waals surface area contributed by atoms with Gasteiger partial charge in [-0.1, -0.05) is 44.0 Å². The first-order chi connectivity index (χ1) is 14.2. The molecule has 6 heteroatoms. The van der Waals surface area contributed by atoms with Crippen LogP contribution in [0.3, 0.4) is 0 Å². The van der Waals surface area contributed by atoms with Crippen LogP contribution in [-0.2, 0) is 0 Å². The van der Waals surface area contributed by atoms with Crippen LogP contribution in [0.5, 0.6) is 0 Å². The summed E-state index contributed by atoms with van der Waals surface area (Å²) < 4.78 is 5.95. The number of carboxylic acid groups (broad SMARTS) is 1. The quantitative estimate of drug-likeness (QED) is 0.287. The number of para-hydroxylation sites is 2. The molecule has 1 N–H and O–H groups in total. The average molecular weight is 413 g/mol. The fourth-order valence-corrected chi connectivity index (χ4v) is 4.23. The minimum atomic E-state index is -0.863. The van der Waals surface area contributed by atoms with Crippen molar-refractivity contribution in [2.75, 3.05) is 23.7 Å². The molecule has 0 saturated carbocycles. The number of aromatic nitrogens is 1. The zero-order valence-corrected chi connectivity index (χ0v) is 17.7. The van der Waals surface area contributed by atoms with E-state index in [2.05, 4.69) is 16.8 Å². The van der Waals surface area contributed by atoms with Gasteiger partial charge < -0.3 is 14.4 Å². The van der Waals surface area contributed by atoms with Gasteiger partial charge in [-0.25, -0.2) is 4.79 Å². The number of nitrogens with zero attached hydrogens (tertiary/aromatic N) is 2. The highest BCUT2D eigenvalue weighted by Gasteiger charge is 2.13. The lowest BCUT2D eigenvalue weighted by atomic mass is 10.2. The van der Waals surface area contributed by atoms with E-state index < -0.39 is 5.97 Å². The number of thioether (sulfide) groups is 1. The van der Waals surface area contributed by atoms with E-state index in [9.17, 15) is 9.90 Å². The summed E-state index contributed by atoms with van der Waals surface area (Å²) in [6.45, 7) is 4.06. The Bertz CT molecular complexity index is 892. The highest BCUT2D eigenvalue weighted by molar-refractivity contribution is 7.99. The van der Waals surface area contributed by atoms with Gasteiger partial charge in [0.1, 0.15) is 5.52 Å². The summed E-state index contributed by atoms with van der Waals surface area (Å²) in [7, 11) is 0. The first-order valence-corrected chi connectivity index (χ1v) is 11.2. The van der Waals surface area contributed by atoms with E-state index in [1.54, 1.807) is 23.9 Å². The second-order valence-electron chi connectivity index (χ2n) is 7.02. The number of aromatic carboxylic acids is 1. The number of anilines is 1. The molecule has 0 spiro atoms. The van der Waals surface area contributed by atoms with Gasteiger partial charge in [0.05, 0.1) is 5.56 Å². The van der Waals surface area contributed by atoms with Crippen LogP contribution in [0.15, 0.2) is 57.8 Å². The molecule has 0 amide bonds. The third kappa shape index (κ3) is 6.00. The standard InChI is InChI=1S/C23H28N2O3S/c1-2-3-15-25(23-24-19-12-6-7-13-20(19)28-23)16-9-4-10-17-29-21-14-8-5-11-18(21)22(26)27/h5-8,11-14H,2-4,9-10,15-17H2,1H3,(H,26,27). The highest BCUT2D eigenvalue weighted by Crippen LogP contribution is 2.25. The van der Waals surface area contributed by atoms with Gasteiger partial charge in [-0.05, 0) is 49.3 Å². The Morgan fingerprint density at radius 3 is 2.59 bits per heavy atom. The largest absolute Gasteiger partial charge is 0.478 e. The van der Waals surface area contributed by atoms with Gasteiger partial charge in [0.15, 0.2) is 5.58 Å². The summed E-state index contributed by atoms with van der Waals surface area (Å²) in [6.07, 6.45) is 5.44. The molecule has 0 fully saturated rings. The molecule has 2 aromatic carbocycles. The Hall–Kier alpha value is -2.47. The average Bonchev–Trinajstić information content (AvgIpc) is 3.17. The monoisotopic (exact) mass is 412 g/mol. The van der Waals surface area contributed by atoms with Crippen LogP contribution in [0.1, 0.15) is 49.4 Å². The number of hydrogen-bond acceptors (Lipinski definition) is 5. The second-order valence-corrected chi connectivity index (χ2v) is 8.15. The van der Waals surface area contributed by atoms with E-state index in [0.717, 1.165) is 66.9 Å². The highest BCUT2D eigenvalue weighted by atomic mass is 32.2. The van der Waals surface area contributed by atoms with Crippen LogP contribution < -0.4 is 4.90 Å². The molecule has 3 rings (SSSR count). The zero-order valence-electron chi connectivity index (χ0n) is 16.8. The first kappa shape index (κ1) is 21.2. The number of carbonyl (C=O) groups is 1. The molecular weight excluding hydrogens is 384 g/mol. The molecule has 1 aromatic heterocycles. The van der Waals surface area contributed by atoms with Crippen molar-refractivity contribution in [1.82, 2.24) is 4.98 Å². The van der Waals surface area contributed by atoms with Gasteiger partial charge >= 0.3 is 5.97 Å². The Labute approximate surface area is 176 Å². The lowest BCUT2D eigenvalue weighted by molar-refractivity contribution is 0.0693. The summed E-state index contributed by atoms with van der Waals surface area (Å²) in [4.78, 5) is 19.0. The topological polar surface area (TPSA) is 66.6 Å². The Balaban J connectivity index is 1.47. The van der Waals surface area contributed by atoms with Crippen molar-refractivity contribution in [3.8, 4) is 0 Å². The number of benzene rings is 2. The minimum absolute atomic E-state index is 0.388. The summed E-state index contributed by atoms with van der Waals surface area (Å²) in [5.41, 5.74) is 2.12. The summed E-state index contributed by atoms with van der Waals surface area (Å²) in [5.74, 6) is 0.0558. The smallest absolute Gasteiger partial charge is 0.336 e. The van der Waals surface area contributed by atoms with Crippen molar-refractivity contribution in [3.63, 3.8) is 0 Å². The predicted molar refractivity (Wildman–Crippen MR) is 119 cm³/mol. The summed E-state index contributed by atoms with van der Waals surface area (Å²) >= 11 is 1.62. The minimum Gasteiger partial charge on any atom is -0.478 e. The van der Waals surface area contributed by atoms with E-state index in [-0.39, 0.29) is 0 Å². The molecule has 0 aliphatic carbocycles. The van der Waals surface area contributed by atoms with Crippen LogP contribution in [0.4, 0.5) is 6.01 Å². The van der Waals surface area contributed by atoms with Crippen molar-refractivity contribution in [2.45, 2.75) is 43.9 Å². The molecule has 3 aromatic rings. The third-order valence-corrected chi connectivity index (χ3v) is 5.94. The van der Waals surface area contributed by atoms with E-state index >= 15 is 0 Å². The first-order valence-electron chi connectivity index (χ1n) is 10.2. The molecule has 0 aliphatic rings. The molecule has 0 bridgehead atoms. The van der Waals surface area contributed by atoms with E-state index in [1.807, 2.05) is 36.4 Å². The van der Waals surface area contributed by atoms with Crippen LogP contribution in [0, 0.1) is 0 Å². The van der Waals surface area contributed by atoms with Crippen LogP contribution in [0.25, 0.3) is 11.1 Å². The van der Waals surface area contributed by atoms with Crippen molar-refractivity contribution < 1.29 is 14.3 Å². The Kier molecular flexibility index (Phi) is 7.99. The van der Waals surface area contributed by atoms with Crippen molar-refractivity contribution in [1.29, 1.82) is 0 Å². The van der Waals surface area contributed by atoms with Gasteiger partial charge in [-0.3, -0.25) is 0 Å². The molecule has 0 atom stereocenters.